The number of benzene rings is 1. The largest absolute Gasteiger partial charge is 0.369 e. The second kappa shape index (κ2) is 6.75. The summed E-state index contributed by atoms with van der Waals surface area (Å²) in [7, 11) is -4.00. The molecule has 0 atom stereocenters. The van der Waals surface area contributed by atoms with Gasteiger partial charge in [0.15, 0.2) is 0 Å². The van der Waals surface area contributed by atoms with E-state index in [4.69, 9.17) is 4.55 Å². The summed E-state index contributed by atoms with van der Waals surface area (Å²) in [6, 6.07) is 7.42. The van der Waals surface area contributed by atoms with E-state index in [1.165, 1.54) is 12.1 Å². The lowest BCUT2D eigenvalue weighted by molar-refractivity contribution is -0.115. The zero-order chi connectivity index (χ0) is 11.9. The van der Waals surface area contributed by atoms with E-state index in [2.05, 4.69) is 5.73 Å². The second-order valence-electron chi connectivity index (χ2n) is 2.39. The predicted molar refractivity (Wildman–Crippen MR) is 64.3 cm³/mol. The molecule has 1 aromatic carbocycles. The maximum atomic E-state index is 10.4. The first-order valence-corrected chi connectivity index (χ1v) is 6.71. The van der Waals surface area contributed by atoms with Gasteiger partial charge in [-0.05, 0) is 12.1 Å². The van der Waals surface area contributed by atoms with Crippen LogP contribution in [0.15, 0.2) is 35.2 Å². The number of hydrogen-bond acceptors (Lipinski definition) is 3. The summed E-state index contributed by atoms with van der Waals surface area (Å²) in [5, 5.41) is 0. The Balaban J connectivity index is 0.000000336. The Morgan fingerprint density at radius 2 is 1.73 bits per heavy atom. The van der Waals surface area contributed by atoms with Crippen LogP contribution >= 0.6 is 22.6 Å². The SMILES string of the molecule is NC(=O)CI.O=S(=O)(O)c1ccccc1. The number of hydrogen-bond donors (Lipinski definition) is 2. The fourth-order valence-corrected chi connectivity index (χ4v) is 1.09. The van der Waals surface area contributed by atoms with Crippen LogP contribution in [0.25, 0.3) is 0 Å². The molecule has 0 radical (unpaired) electrons. The minimum atomic E-state index is -4.00. The number of nitrogens with two attached hydrogens (primary N) is 1. The lowest BCUT2D eigenvalue weighted by atomic mass is 10.4. The van der Waals surface area contributed by atoms with Crippen molar-refractivity contribution < 1.29 is 17.8 Å². The number of carbonyl (C=O) groups is 1. The van der Waals surface area contributed by atoms with Crippen molar-refractivity contribution in [3.8, 4) is 0 Å². The number of carbonyl (C=O) groups excluding carboxylic acids is 1. The summed E-state index contributed by atoms with van der Waals surface area (Å²) in [6.07, 6.45) is 0. The van der Waals surface area contributed by atoms with Crippen LogP contribution < -0.4 is 5.73 Å². The third-order valence-electron chi connectivity index (χ3n) is 1.17. The summed E-state index contributed by atoms with van der Waals surface area (Å²) in [6.45, 7) is 0. The van der Waals surface area contributed by atoms with Gasteiger partial charge in [-0.2, -0.15) is 8.42 Å². The van der Waals surface area contributed by atoms with Gasteiger partial charge in [0, 0.05) is 0 Å². The Morgan fingerprint density at radius 3 is 1.93 bits per heavy atom. The highest BCUT2D eigenvalue weighted by Gasteiger charge is 2.05. The number of rotatable bonds is 2. The highest BCUT2D eigenvalue weighted by molar-refractivity contribution is 14.1. The van der Waals surface area contributed by atoms with E-state index in [9.17, 15) is 13.2 Å². The molecule has 0 aliphatic carbocycles. The van der Waals surface area contributed by atoms with Gasteiger partial charge in [0.1, 0.15) is 0 Å². The van der Waals surface area contributed by atoms with Gasteiger partial charge in [-0.15, -0.1) is 0 Å². The molecule has 0 aliphatic rings. The lowest BCUT2D eigenvalue weighted by Crippen LogP contribution is -2.10. The highest BCUT2D eigenvalue weighted by Crippen LogP contribution is 2.05. The topological polar surface area (TPSA) is 97.5 Å². The Labute approximate surface area is 102 Å². The van der Waals surface area contributed by atoms with Gasteiger partial charge in [0.05, 0.1) is 9.32 Å². The van der Waals surface area contributed by atoms with Gasteiger partial charge in [0.25, 0.3) is 10.1 Å². The molecular formula is C8H10INO4S. The van der Waals surface area contributed by atoms with Crippen molar-refractivity contribution in [3.05, 3.63) is 30.3 Å². The zero-order valence-electron chi connectivity index (χ0n) is 7.63. The van der Waals surface area contributed by atoms with Crippen LogP contribution in [-0.4, -0.2) is 23.3 Å². The molecule has 3 N–H and O–H groups in total. The smallest absolute Gasteiger partial charge is 0.294 e. The van der Waals surface area contributed by atoms with Gasteiger partial charge in [-0.3, -0.25) is 9.35 Å². The average Bonchev–Trinajstić information content (AvgIpc) is 2.19. The maximum Gasteiger partial charge on any atom is 0.294 e. The van der Waals surface area contributed by atoms with Crippen LogP contribution in [0, 0.1) is 0 Å². The molecule has 0 aromatic heterocycles. The van der Waals surface area contributed by atoms with Crippen molar-refractivity contribution in [2.24, 2.45) is 5.73 Å². The molecule has 0 heterocycles. The fraction of sp³-hybridized carbons (Fsp3) is 0.125. The molecule has 0 saturated heterocycles. The Morgan fingerprint density at radius 1 is 1.33 bits per heavy atom. The molecule has 84 valence electrons. The lowest BCUT2D eigenvalue weighted by Gasteiger charge is -1.92. The average molecular weight is 343 g/mol. The summed E-state index contributed by atoms with van der Waals surface area (Å²) < 4.78 is 29.7. The summed E-state index contributed by atoms with van der Waals surface area (Å²) >= 11 is 1.90. The number of alkyl halides is 1. The molecule has 5 nitrogen and oxygen atoms in total. The van der Waals surface area contributed by atoms with Gasteiger partial charge in [-0.1, -0.05) is 40.8 Å². The number of primary amides is 1. The van der Waals surface area contributed by atoms with Crippen molar-refractivity contribution in [3.63, 3.8) is 0 Å². The highest BCUT2D eigenvalue weighted by atomic mass is 127. The van der Waals surface area contributed by atoms with Crippen molar-refractivity contribution >= 4 is 38.6 Å². The molecule has 0 fully saturated rings. The van der Waals surface area contributed by atoms with E-state index >= 15 is 0 Å². The first kappa shape index (κ1) is 14.3. The zero-order valence-corrected chi connectivity index (χ0v) is 10.6. The number of amides is 1. The van der Waals surface area contributed by atoms with E-state index in [1.807, 2.05) is 22.6 Å². The van der Waals surface area contributed by atoms with Crippen molar-refractivity contribution in [1.29, 1.82) is 0 Å². The van der Waals surface area contributed by atoms with Gasteiger partial charge in [-0.25, -0.2) is 0 Å². The monoisotopic (exact) mass is 343 g/mol. The molecule has 1 aromatic rings. The Hall–Kier alpha value is -0.670. The number of halogens is 1. The van der Waals surface area contributed by atoms with E-state index in [-0.39, 0.29) is 10.8 Å². The Bertz CT molecular complexity index is 404. The molecule has 0 unspecified atom stereocenters. The van der Waals surface area contributed by atoms with E-state index < -0.39 is 10.1 Å². The molecule has 1 amide bonds. The first-order valence-electron chi connectivity index (χ1n) is 3.74. The molecule has 7 heteroatoms. The minimum Gasteiger partial charge on any atom is -0.369 e. The normalized spacial score (nSPS) is 10.0. The molecule has 0 aliphatic heterocycles. The molecule has 0 saturated carbocycles. The second-order valence-corrected chi connectivity index (χ2v) is 4.57. The van der Waals surface area contributed by atoms with Crippen LogP contribution in [0.5, 0.6) is 0 Å². The molecule has 0 bridgehead atoms. The predicted octanol–water partition coefficient (Wildman–Crippen LogP) is 0.840. The standard InChI is InChI=1S/C6H6O3S.C2H4INO/c7-10(8,9)6-4-2-1-3-5-6;3-1-2(4)5/h1-5H,(H,7,8,9);1H2,(H2,4,5). The van der Waals surface area contributed by atoms with E-state index in [0.717, 1.165) is 0 Å². The van der Waals surface area contributed by atoms with Crippen LogP contribution in [0.1, 0.15) is 0 Å². The van der Waals surface area contributed by atoms with Gasteiger partial charge >= 0.3 is 0 Å². The quantitative estimate of drug-likeness (QED) is 0.472. The summed E-state index contributed by atoms with van der Waals surface area (Å²) in [5.41, 5.74) is 4.65. The first-order chi connectivity index (χ1) is 6.88. The third-order valence-corrected chi connectivity index (χ3v) is 2.79. The van der Waals surface area contributed by atoms with Crippen LogP contribution in [-0.2, 0) is 14.9 Å². The summed E-state index contributed by atoms with van der Waals surface area (Å²) in [5.74, 6) is -0.259. The van der Waals surface area contributed by atoms with Crippen LogP contribution in [0.4, 0.5) is 0 Å². The molecule has 0 spiro atoms. The third kappa shape index (κ3) is 7.28. The van der Waals surface area contributed by atoms with E-state index in [0.29, 0.717) is 4.43 Å². The van der Waals surface area contributed by atoms with Crippen LogP contribution in [0.3, 0.4) is 0 Å². The molecular weight excluding hydrogens is 333 g/mol. The summed E-state index contributed by atoms with van der Waals surface area (Å²) in [4.78, 5) is 9.51. The van der Waals surface area contributed by atoms with Crippen molar-refractivity contribution in [2.75, 3.05) is 4.43 Å². The van der Waals surface area contributed by atoms with Crippen molar-refractivity contribution in [2.45, 2.75) is 4.90 Å². The van der Waals surface area contributed by atoms with Gasteiger partial charge < -0.3 is 5.73 Å². The fourth-order valence-electron chi connectivity index (χ4n) is 0.592. The van der Waals surface area contributed by atoms with E-state index in [1.54, 1.807) is 18.2 Å². The van der Waals surface area contributed by atoms with Crippen molar-refractivity contribution in [1.82, 2.24) is 0 Å². The molecule has 15 heavy (non-hydrogen) atoms. The minimum absolute atomic E-state index is 0.0741. The van der Waals surface area contributed by atoms with Crippen LogP contribution in [0.2, 0.25) is 0 Å². The Kier molecular flexibility index (Phi) is 6.45. The van der Waals surface area contributed by atoms with Gasteiger partial charge in [0.2, 0.25) is 5.91 Å². The maximum absolute atomic E-state index is 10.4. The molecule has 1 rings (SSSR count).